The molecule has 2 aromatic carbocycles. The monoisotopic (exact) mass is 499 g/mol. The number of nitrogens with one attached hydrogen (secondary N) is 3. The van der Waals surface area contributed by atoms with Crippen LogP contribution in [0.25, 0.3) is 10.8 Å². The van der Waals surface area contributed by atoms with Crippen LogP contribution in [0.2, 0.25) is 0 Å². The molecular weight excluding hydrogens is 468 g/mol. The maximum atomic E-state index is 13.3. The molecule has 10 nitrogen and oxygen atoms in total. The number of benzene rings is 2. The number of rotatable bonds is 8. The molecule has 1 saturated heterocycles. The third kappa shape index (κ3) is 4.68. The molecule has 0 spiro atoms. The first-order valence-electron chi connectivity index (χ1n) is 11.6. The highest BCUT2D eigenvalue weighted by Gasteiger charge is 2.70. The van der Waals surface area contributed by atoms with Gasteiger partial charge in [0, 0.05) is 31.2 Å². The molecule has 187 valence electrons. The first-order chi connectivity index (χ1) is 16.6. The van der Waals surface area contributed by atoms with Gasteiger partial charge in [-0.1, -0.05) is 36.4 Å². The molecule has 0 aromatic heterocycles. The lowest BCUT2D eigenvalue weighted by atomic mass is 10.0. The number of carbonyl (C=O) groups excluding carboxylic acids is 2. The molecule has 2 aliphatic rings. The van der Waals surface area contributed by atoms with E-state index in [-0.39, 0.29) is 16.8 Å². The summed E-state index contributed by atoms with van der Waals surface area (Å²) < 4.78 is 28.8. The minimum Gasteiger partial charge on any atom is -0.341 e. The van der Waals surface area contributed by atoms with Crippen molar-refractivity contribution in [3.05, 3.63) is 42.5 Å². The standard InChI is InChI=1S/C24H31N6O4S/c1-15(29-35(33,34)19-11-5-8-16-7-3-4-10-18(16)19)22(31)20-21(24(20,25)14-28-26)23(32)30(2)17-9-6-12-27-13-17/h3-5,7-8,10-11,14-15,17,20-21,25,27,29H,6,9,12-13,26H2,1-2H3/t15-,17?,20?,21+,24?/m0/s1. The summed E-state index contributed by atoms with van der Waals surface area (Å²) >= 11 is 0. The van der Waals surface area contributed by atoms with Crippen molar-refractivity contribution >= 4 is 38.7 Å². The Bertz CT molecular complexity index is 1250. The maximum absolute atomic E-state index is 13.3. The van der Waals surface area contributed by atoms with Crippen LogP contribution in [0, 0.1) is 11.8 Å². The second-order valence-electron chi connectivity index (χ2n) is 9.34. The van der Waals surface area contributed by atoms with Gasteiger partial charge in [0.25, 0.3) is 0 Å². The van der Waals surface area contributed by atoms with Gasteiger partial charge in [0.1, 0.15) is 0 Å². The van der Waals surface area contributed by atoms with Crippen molar-refractivity contribution in [3.63, 3.8) is 0 Å². The molecule has 1 saturated carbocycles. The van der Waals surface area contributed by atoms with E-state index in [2.05, 4.69) is 15.1 Å². The molecular formula is C24H31N6O4S. The van der Waals surface area contributed by atoms with E-state index in [1.165, 1.54) is 13.0 Å². The normalized spacial score (nSPS) is 27.6. The van der Waals surface area contributed by atoms with E-state index >= 15 is 0 Å². The minimum atomic E-state index is -4.05. The minimum absolute atomic E-state index is 0.0334. The number of hydrazone groups is 1. The summed E-state index contributed by atoms with van der Waals surface area (Å²) in [5.41, 5.74) is 7.12. The summed E-state index contributed by atoms with van der Waals surface area (Å²) in [5.74, 6) is 2.39. The number of ketones is 1. The molecule has 1 heterocycles. The summed E-state index contributed by atoms with van der Waals surface area (Å²) in [6.45, 7) is 2.96. The number of hydrogen-bond acceptors (Lipinski definition) is 7. The van der Waals surface area contributed by atoms with Crippen molar-refractivity contribution in [1.29, 1.82) is 0 Å². The predicted octanol–water partition coefficient (Wildman–Crippen LogP) is 0.498. The number of piperidine rings is 1. The van der Waals surface area contributed by atoms with Crippen molar-refractivity contribution in [2.24, 2.45) is 22.8 Å². The van der Waals surface area contributed by atoms with Gasteiger partial charge in [0.05, 0.1) is 28.3 Å². The van der Waals surface area contributed by atoms with Crippen molar-refractivity contribution in [3.8, 4) is 0 Å². The maximum Gasteiger partial charge on any atom is 0.241 e. The van der Waals surface area contributed by atoms with Crippen LogP contribution in [0.3, 0.4) is 0 Å². The van der Waals surface area contributed by atoms with E-state index in [0.29, 0.717) is 11.9 Å². The van der Waals surface area contributed by atoms with Crippen LogP contribution in [-0.2, 0) is 19.6 Å². The van der Waals surface area contributed by atoms with Crippen LogP contribution < -0.4 is 21.6 Å². The second kappa shape index (κ2) is 9.65. The summed E-state index contributed by atoms with van der Waals surface area (Å²) in [6, 6.07) is 10.8. The number of carbonyl (C=O) groups is 2. The fourth-order valence-corrected chi connectivity index (χ4v) is 6.50. The van der Waals surface area contributed by atoms with Gasteiger partial charge in [0.15, 0.2) is 5.78 Å². The van der Waals surface area contributed by atoms with Crippen LogP contribution >= 0.6 is 0 Å². The van der Waals surface area contributed by atoms with E-state index in [0.717, 1.165) is 31.0 Å². The number of fused-ring (bicyclic) bond motifs is 1. The Balaban J connectivity index is 1.54. The number of likely N-dealkylation sites (N-methyl/N-ethyl adjacent to an activating group) is 1. The summed E-state index contributed by atoms with van der Waals surface area (Å²) in [5, 5.41) is 7.98. The Morgan fingerprint density at radius 2 is 1.97 bits per heavy atom. The Morgan fingerprint density at radius 3 is 2.66 bits per heavy atom. The topological polar surface area (TPSA) is 158 Å². The molecule has 1 amide bonds. The van der Waals surface area contributed by atoms with E-state index in [9.17, 15) is 18.0 Å². The fourth-order valence-electron chi connectivity index (χ4n) is 5.05. The van der Waals surface area contributed by atoms with Crippen LogP contribution in [-0.4, -0.2) is 69.0 Å². The molecule has 1 aliphatic carbocycles. The highest BCUT2D eigenvalue weighted by molar-refractivity contribution is 7.89. The van der Waals surface area contributed by atoms with E-state index in [1.54, 1.807) is 30.1 Å². The smallest absolute Gasteiger partial charge is 0.241 e. The quantitative estimate of drug-likeness (QED) is 0.273. The molecule has 2 aromatic rings. The molecule has 1 aliphatic heterocycles. The van der Waals surface area contributed by atoms with Crippen molar-refractivity contribution in [2.75, 3.05) is 20.1 Å². The Labute approximate surface area is 205 Å². The highest BCUT2D eigenvalue weighted by Crippen LogP contribution is 2.51. The third-order valence-corrected chi connectivity index (χ3v) is 8.68. The summed E-state index contributed by atoms with van der Waals surface area (Å²) in [6.07, 6.45) is 2.87. The van der Waals surface area contributed by atoms with Crippen molar-refractivity contribution < 1.29 is 18.0 Å². The van der Waals surface area contributed by atoms with E-state index in [4.69, 9.17) is 11.6 Å². The van der Waals surface area contributed by atoms with Gasteiger partial charge in [-0.2, -0.15) is 5.10 Å². The first-order valence-corrected chi connectivity index (χ1v) is 13.1. The van der Waals surface area contributed by atoms with Crippen LogP contribution in [0.1, 0.15) is 19.8 Å². The number of sulfonamides is 1. The second-order valence-corrected chi connectivity index (χ2v) is 11.0. The van der Waals surface area contributed by atoms with Gasteiger partial charge in [-0.25, -0.2) is 18.9 Å². The molecule has 0 bridgehead atoms. The number of nitrogens with two attached hydrogens (primary N) is 1. The Kier molecular flexibility index (Phi) is 6.96. The van der Waals surface area contributed by atoms with Crippen LogP contribution in [0.4, 0.5) is 0 Å². The number of Topliss-reactive ketones (excluding diaryl/α,β-unsaturated/α-hetero) is 1. The Hall–Kier alpha value is -2.86. The van der Waals surface area contributed by atoms with Crippen LogP contribution in [0.15, 0.2) is 52.5 Å². The largest absolute Gasteiger partial charge is 0.341 e. The van der Waals surface area contributed by atoms with E-state index < -0.39 is 39.2 Å². The van der Waals surface area contributed by atoms with Gasteiger partial charge in [-0.05, 0) is 37.8 Å². The molecule has 2 fully saturated rings. The highest BCUT2D eigenvalue weighted by atomic mass is 32.2. The van der Waals surface area contributed by atoms with Crippen LogP contribution in [0.5, 0.6) is 0 Å². The van der Waals surface area contributed by atoms with Gasteiger partial charge in [-0.3, -0.25) is 9.59 Å². The first kappa shape index (κ1) is 25.2. The lowest BCUT2D eigenvalue weighted by Gasteiger charge is -2.32. The van der Waals surface area contributed by atoms with E-state index in [1.807, 2.05) is 18.2 Å². The zero-order valence-corrected chi connectivity index (χ0v) is 20.6. The molecule has 5 atom stereocenters. The zero-order valence-electron chi connectivity index (χ0n) is 19.8. The molecule has 5 N–H and O–H groups in total. The average Bonchev–Trinajstić information content (AvgIpc) is 3.46. The third-order valence-electron chi connectivity index (χ3n) is 7.08. The molecule has 3 unspecified atom stereocenters. The van der Waals surface area contributed by atoms with Gasteiger partial charge in [0.2, 0.25) is 15.9 Å². The number of amides is 1. The number of hydrogen-bond donors (Lipinski definition) is 3. The number of nitrogens with zero attached hydrogens (tertiary/aromatic N) is 2. The molecule has 11 heteroatoms. The summed E-state index contributed by atoms with van der Waals surface area (Å²) in [4.78, 5) is 28.3. The van der Waals surface area contributed by atoms with Gasteiger partial charge in [-0.15, -0.1) is 0 Å². The zero-order chi connectivity index (χ0) is 25.4. The van der Waals surface area contributed by atoms with Crippen molar-refractivity contribution in [2.45, 2.75) is 42.3 Å². The van der Waals surface area contributed by atoms with Crippen molar-refractivity contribution in [1.82, 2.24) is 20.7 Å². The SMILES string of the molecule is C[C@H](NS(=O)(=O)c1cccc2ccccc12)C(=O)C1[C@H](C(=O)N(C)C2CCCNC2)C1([NH])C=NN. The summed E-state index contributed by atoms with van der Waals surface area (Å²) in [7, 11) is -2.38. The predicted molar refractivity (Wildman–Crippen MR) is 133 cm³/mol. The Morgan fingerprint density at radius 1 is 1.26 bits per heavy atom. The fraction of sp³-hybridized carbons (Fsp3) is 0.458. The molecule has 1 radical (unpaired) electrons. The van der Waals surface area contributed by atoms with Gasteiger partial charge >= 0.3 is 0 Å². The lowest BCUT2D eigenvalue weighted by Crippen LogP contribution is -2.48. The average molecular weight is 500 g/mol. The molecule has 35 heavy (non-hydrogen) atoms. The lowest BCUT2D eigenvalue weighted by molar-refractivity contribution is -0.135. The van der Waals surface area contributed by atoms with Gasteiger partial charge < -0.3 is 16.1 Å². The molecule has 4 rings (SSSR count).